The van der Waals surface area contributed by atoms with Gasteiger partial charge in [-0.3, -0.25) is 4.68 Å². The molecule has 2 heterocycles. The van der Waals surface area contributed by atoms with Gasteiger partial charge in [-0.25, -0.2) is 14.8 Å². The molecule has 0 aliphatic heterocycles. The van der Waals surface area contributed by atoms with Crippen LogP contribution in [0.1, 0.15) is 22.0 Å². The lowest BCUT2D eigenvalue weighted by Crippen LogP contribution is -2.11. The summed E-state index contributed by atoms with van der Waals surface area (Å²) in [5.41, 5.74) is 1.58. The molecule has 0 aliphatic rings. The molecule has 1 N–H and O–H groups in total. The van der Waals surface area contributed by atoms with Gasteiger partial charge in [-0.15, -0.1) is 0 Å². The van der Waals surface area contributed by atoms with Crippen LogP contribution in [0.25, 0.3) is 0 Å². The summed E-state index contributed by atoms with van der Waals surface area (Å²) in [7, 11) is 3.16. The zero-order chi connectivity index (χ0) is 13.8. The molecule has 0 saturated heterocycles. The lowest BCUT2D eigenvalue weighted by molar-refractivity contribution is 0.0586. The second-order valence-electron chi connectivity index (χ2n) is 4.04. The number of hydrogen-bond donors (Lipinski definition) is 1. The molecule has 2 aromatic rings. The summed E-state index contributed by atoms with van der Waals surface area (Å²) in [4.78, 5) is 19.5. The van der Waals surface area contributed by atoms with Gasteiger partial charge in [-0.1, -0.05) is 0 Å². The van der Waals surface area contributed by atoms with Crippen LogP contribution in [-0.2, 0) is 18.3 Å². The van der Waals surface area contributed by atoms with Gasteiger partial charge in [-0.2, -0.15) is 5.10 Å². The first-order valence-electron chi connectivity index (χ1n) is 5.75. The molecule has 0 aromatic carbocycles. The lowest BCUT2D eigenvalue weighted by atomic mass is 10.4. The average Bonchev–Trinajstić information content (AvgIpc) is 2.80. The third kappa shape index (κ3) is 3.27. The number of carbonyl (C=O) groups excluding carboxylic acids is 1. The fourth-order valence-corrected chi connectivity index (χ4v) is 1.58. The smallest absolute Gasteiger partial charge is 0.376 e. The van der Waals surface area contributed by atoms with Crippen LogP contribution in [0, 0.1) is 6.92 Å². The van der Waals surface area contributed by atoms with E-state index < -0.39 is 5.97 Å². The molecule has 0 atom stereocenters. The molecule has 0 unspecified atom stereocenters. The van der Waals surface area contributed by atoms with E-state index in [2.05, 4.69) is 25.1 Å². The van der Waals surface area contributed by atoms with E-state index in [9.17, 15) is 4.79 Å². The van der Waals surface area contributed by atoms with E-state index >= 15 is 0 Å². The maximum Gasteiger partial charge on any atom is 0.376 e. The van der Waals surface area contributed by atoms with Crippen molar-refractivity contribution in [2.45, 2.75) is 13.5 Å². The Balaban J connectivity index is 2.11. The van der Waals surface area contributed by atoms with Crippen molar-refractivity contribution in [2.24, 2.45) is 7.05 Å². The number of carbonyl (C=O) groups is 1. The van der Waals surface area contributed by atoms with Crippen molar-refractivity contribution >= 4 is 11.8 Å². The van der Waals surface area contributed by atoms with Gasteiger partial charge >= 0.3 is 5.97 Å². The van der Waals surface area contributed by atoms with E-state index in [-0.39, 0.29) is 5.82 Å². The van der Waals surface area contributed by atoms with Crippen molar-refractivity contribution in [1.29, 1.82) is 0 Å². The number of aromatic nitrogens is 4. The van der Waals surface area contributed by atoms with Gasteiger partial charge < -0.3 is 10.1 Å². The number of methoxy groups -OCH3 is 1. The number of esters is 1. The van der Waals surface area contributed by atoms with E-state index in [0.717, 1.165) is 5.69 Å². The van der Waals surface area contributed by atoms with E-state index in [4.69, 9.17) is 0 Å². The van der Waals surface area contributed by atoms with E-state index in [0.29, 0.717) is 18.1 Å². The Kier molecular flexibility index (Phi) is 3.74. The highest BCUT2D eigenvalue weighted by Gasteiger charge is 2.11. The Labute approximate surface area is 110 Å². The Hall–Kier alpha value is -2.44. The summed E-state index contributed by atoms with van der Waals surface area (Å²) in [6, 6.07) is 3.66. The minimum Gasteiger partial charge on any atom is -0.463 e. The van der Waals surface area contributed by atoms with Gasteiger partial charge in [0.2, 0.25) is 5.82 Å². The van der Waals surface area contributed by atoms with Crippen LogP contribution in [0.15, 0.2) is 18.3 Å². The fraction of sp³-hybridized carbons (Fsp3) is 0.333. The van der Waals surface area contributed by atoms with Gasteiger partial charge in [0, 0.05) is 25.0 Å². The largest absolute Gasteiger partial charge is 0.463 e. The molecular weight excluding hydrogens is 246 g/mol. The third-order valence-corrected chi connectivity index (χ3v) is 2.44. The summed E-state index contributed by atoms with van der Waals surface area (Å²) in [5.74, 6) is 0.0640. The van der Waals surface area contributed by atoms with Gasteiger partial charge in [0.1, 0.15) is 5.82 Å². The van der Waals surface area contributed by atoms with Gasteiger partial charge in [0.05, 0.1) is 19.3 Å². The third-order valence-electron chi connectivity index (χ3n) is 2.44. The first kappa shape index (κ1) is 13.0. The molecule has 0 spiro atoms. The van der Waals surface area contributed by atoms with Crippen molar-refractivity contribution < 1.29 is 9.53 Å². The number of ether oxygens (including phenoxy) is 1. The summed E-state index contributed by atoms with van der Waals surface area (Å²) in [6.45, 7) is 2.32. The zero-order valence-corrected chi connectivity index (χ0v) is 11.0. The number of hydrogen-bond acceptors (Lipinski definition) is 6. The maximum absolute atomic E-state index is 11.4. The van der Waals surface area contributed by atoms with Crippen molar-refractivity contribution in [3.8, 4) is 0 Å². The van der Waals surface area contributed by atoms with Gasteiger partial charge in [0.25, 0.3) is 0 Å². The van der Waals surface area contributed by atoms with E-state index in [1.165, 1.54) is 7.11 Å². The highest BCUT2D eigenvalue weighted by Crippen LogP contribution is 2.08. The summed E-state index contributed by atoms with van der Waals surface area (Å²) < 4.78 is 6.33. The van der Waals surface area contributed by atoms with Crippen LogP contribution < -0.4 is 5.32 Å². The minimum absolute atomic E-state index is 0.0472. The van der Waals surface area contributed by atoms with Crippen molar-refractivity contribution in [2.75, 3.05) is 12.4 Å². The predicted molar refractivity (Wildman–Crippen MR) is 68.6 cm³/mol. The maximum atomic E-state index is 11.4. The van der Waals surface area contributed by atoms with Gasteiger partial charge in [-0.05, 0) is 13.0 Å². The lowest BCUT2D eigenvalue weighted by Gasteiger charge is -2.06. The van der Waals surface area contributed by atoms with Crippen molar-refractivity contribution in [3.63, 3.8) is 0 Å². The molecule has 2 aromatic heterocycles. The standard InChI is InChI=1S/C12H15N5O2/c1-8-6-10(15-11(14-8)12(18)19-3)13-7-9-4-5-17(2)16-9/h4-6H,7H2,1-3H3,(H,13,14,15). The first-order valence-corrected chi connectivity index (χ1v) is 5.75. The number of nitrogens with zero attached hydrogens (tertiary/aromatic N) is 4. The molecule has 0 bridgehead atoms. The zero-order valence-electron chi connectivity index (χ0n) is 11.0. The number of anilines is 1. The molecule has 2 rings (SSSR count). The normalized spacial score (nSPS) is 10.3. The summed E-state index contributed by atoms with van der Waals surface area (Å²) >= 11 is 0. The molecule has 19 heavy (non-hydrogen) atoms. The molecule has 7 nitrogen and oxygen atoms in total. The highest BCUT2D eigenvalue weighted by molar-refractivity contribution is 5.85. The molecular formula is C12H15N5O2. The van der Waals surface area contributed by atoms with Crippen LogP contribution >= 0.6 is 0 Å². The molecule has 0 amide bonds. The molecule has 0 aliphatic carbocycles. The number of nitrogens with one attached hydrogen (secondary N) is 1. The second-order valence-corrected chi connectivity index (χ2v) is 4.04. The molecule has 0 radical (unpaired) electrons. The molecule has 0 fully saturated rings. The van der Waals surface area contributed by atoms with Crippen molar-refractivity contribution in [1.82, 2.24) is 19.7 Å². The van der Waals surface area contributed by atoms with Crippen LogP contribution in [0.2, 0.25) is 0 Å². The monoisotopic (exact) mass is 261 g/mol. The van der Waals surface area contributed by atoms with Gasteiger partial charge in [0.15, 0.2) is 0 Å². The van der Waals surface area contributed by atoms with E-state index in [1.54, 1.807) is 17.7 Å². The Morgan fingerprint density at radius 3 is 2.89 bits per heavy atom. The SMILES string of the molecule is COC(=O)c1nc(C)cc(NCc2ccn(C)n2)n1. The topological polar surface area (TPSA) is 81.9 Å². The number of aryl methyl sites for hydroxylation is 2. The summed E-state index contributed by atoms with van der Waals surface area (Å²) in [6.07, 6.45) is 1.86. The molecule has 100 valence electrons. The Morgan fingerprint density at radius 1 is 1.47 bits per heavy atom. The van der Waals surface area contributed by atoms with Crippen LogP contribution in [-0.4, -0.2) is 32.8 Å². The predicted octanol–water partition coefficient (Wildman–Crippen LogP) is 0.917. The van der Waals surface area contributed by atoms with Crippen LogP contribution in [0.4, 0.5) is 5.82 Å². The number of rotatable bonds is 4. The van der Waals surface area contributed by atoms with Crippen molar-refractivity contribution in [3.05, 3.63) is 35.5 Å². The Bertz CT molecular complexity index is 594. The minimum atomic E-state index is -0.551. The molecule has 0 saturated carbocycles. The summed E-state index contributed by atoms with van der Waals surface area (Å²) in [5, 5.41) is 7.34. The average molecular weight is 261 g/mol. The highest BCUT2D eigenvalue weighted by atomic mass is 16.5. The fourth-order valence-electron chi connectivity index (χ4n) is 1.58. The first-order chi connectivity index (χ1) is 9.08. The molecule has 7 heteroatoms. The second kappa shape index (κ2) is 5.47. The van der Waals surface area contributed by atoms with Crippen LogP contribution in [0.5, 0.6) is 0 Å². The van der Waals surface area contributed by atoms with E-state index in [1.807, 2.05) is 19.3 Å². The quantitative estimate of drug-likeness (QED) is 0.824. The van der Waals surface area contributed by atoms with Crippen LogP contribution in [0.3, 0.4) is 0 Å². The Morgan fingerprint density at radius 2 is 2.26 bits per heavy atom.